The molecule has 0 aliphatic heterocycles. The number of fused-ring (bicyclic) bond motifs is 1. The van der Waals surface area contributed by atoms with Crippen LogP contribution in [0.25, 0.3) is 11.0 Å². The highest BCUT2D eigenvalue weighted by atomic mass is 19.4. The minimum atomic E-state index is -4.74. The molecule has 2 aromatic carbocycles. The molecule has 1 aliphatic carbocycles. The zero-order chi connectivity index (χ0) is 25.4. The van der Waals surface area contributed by atoms with Gasteiger partial charge >= 0.3 is 6.36 Å². The van der Waals surface area contributed by atoms with E-state index in [0.29, 0.717) is 29.0 Å². The lowest BCUT2D eigenvalue weighted by atomic mass is 9.68. The predicted octanol–water partition coefficient (Wildman–Crippen LogP) is 6.50. The average molecular weight is 489 g/mol. The van der Waals surface area contributed by atoms with Crippen molar-refractivity contribution in [3.8, 4) is 5.75 Å². The number of ether oxygens (including phenoxy) is 1. The van der Waals surface area contributed by atoms with E-state index in [1.165, 1.54) is 30.7 Å². The molecular formula is C26H31F3N4O2. The third-order valence-electron chi connectivity index (χ3n) is 6.50. The molecule has 0 radical (unpaired) electrons. The van der Waals surface area contributed by atoms with Crippen LogP contribution in [0.3, 0.4) is 0 Å². The van der Waals surface area contributed by atoms with Gasteiger partial charge < -0.3 is 19.9 Å². The summed E-state index contributed by atoms with van der Waals surface area (Å²) >= 11 is 0. The number of halogens is 3. The number of carbonyl (C=O) groups is 1. The lowest BCUT2D eigenvalue weighted by Gasteiger charge is -2.39. The summed E-state index contributed by atoms with van der Waals surface area (Å²) in [6.45, 7) is 7.61. The molecule has 2 atom stereocenters. The number of rotatable bonds is 6. The summed E-state index contributed by atoms with van der Waals surface area (Å²) < 4.78 is 43.6. The highest BCUT2D eigenvalue weighted by Gasteiger charge is 2.33. The van der Waals surface area contributed by atoms with E-state index in [2.05, 4.69) is 40.7 Å². The molecule has 9 heteroatoms. The topological polar surface area (TPSA) is 68.2 Å². The number of amides is 1. The number of benzene rings is 2. The molecule has 1 fully saturated rings. The third-order valence-corrected chi connectivity index (χ3v) is 6.50. The van der Waals surface area contributed by atoms with Crippen LogP contribution in [0.2, 0.25) is 0 Å². The maximum Gasteiger partial charge on any atom is 0.573 e. The Morgan fingerprint density at radius 1 is 1.17 bits per heavy atom. The summed E-state index contributed by atoms with van der Waals surface area (Å²) in [4.78, 5) is 17.0. The highest BCUT2D eigenvalue weighted by Crippen LogP contribution is 2.43. The summed E-state index contributed by atoms with van der Waals surface area (Å²) in [5.41, 5.74) is 2.94. The zero-order valence-corrected chi connectivity index (χ0v) is 20.4. The molecule has 4 rings (SSSR count). The second-order valence-electron chi connectivity index (χ2n) is 10.3. The molecule has 1 saturated carbocycles. The molecule has 2 N–H and O–H groups in total. The van der Waals surface area contributed by atoms with E-state index in [4.69, 9.17) is 4.98 Å². The van der Waals surface area contributed by atoms with Gasteiger partial charge in [0.2, 0.25) is 5.95 Å². The molecule has 0 bridgehead atoms. The summed E-state index contributed by atoms with van der Waals surface area (Å²) in [5.74, 6) is 1.15. The first-order valence-corrected chi connectivity index (χ1v) is 11.8. The molecule has 1 aliphatic rings. The Hall–Kier alpha value is -3.23. The Morgan fingerprint density at radius 3 is 2.51 bits per heavy atom. The van der Waals surface area contributed by atoms with Crippen LogP contribution in [0.5, 0.6) is 5.75 Å². The minimum Gasteiger partial charge on any atom is -0.406 e. The average Bonchev–Trinajstić information content (AvgIpc) is 3.08. The minimum absolute atomic E-state index is 0.179. The Balaban J connectivity index is 1.68. The fraction of sp³-hybridized carbons (Fsp3) is 0.462. The number of imidazole rings is 1. The van der Waals surface area contributed by atoms with Crippen LogP contribution < -0.4 is 15.4 Å². The van der Waals surface area contributed by atoms with E-state index < -0.39 is 6.36 Å². The molecule has 6 nitrogen and oxygen atoms in total. The van der Waals surface area contributed by atoms with Crippen molar-refractivity contribution in [1.29, 1.82) is 0 Å². The van der Waals surface area contributed by atoms with Crippen LogP contribution in [-0.2, 0) is 6.54 Å². The summed E-state index contributed by atoms with van der Waals surface area (Å²) in [5, 5.41) is 5.91. The van der Waals surface area contributed by atoms with Gasteiger partial charge in [-0.3, -0.25) is 4.79 Å². The second kappa shape index (κ2) is 9.43. The van der Waals surface area contributed by atoms with Crippen molar-refractivity contribution in [3.63, 3.8) is 0 Å². The maximum absolute atomic E-state index is 12.5. The van der Waals surface area contributed by atoms with Gasteiger partial charge in [0.1, 0.15) is 5.75 Å². The van der Waals surface area contributed by atoms with Crippen LogP contribution in [-0.4, -0.2) is 28.9 Å². The van der Waals surface area contributed by atoms with Crippen molar-refractivity contribution < 1.29 is 22.7 Å². The first-order chi connectivity index (χ1) is 16.4. The number of hydrogen-bond donors (Lipinski definition) is 2. The Labute approximate surface area is 202 Å². The molecule has 3 aromatic rings. The number of alkyl halides is 3. The van der Waals surface area contributed by atoms with Crippen molar-refractivity contribution in [2.75, 3.05) is 12.4 Å². The van der Waals surface area contributed by atoms with Gasteiger partial charge in [0.25, 0.3) is 5.91 Å². The summed E-state index contributed by atoms with van der Waals surface area (Å²) in [6.07, 6.45) is -1.38. The van der Waals surface area contributed by atoms with Crippen molar-refractivity contribution in [1.82, 2.24) is 14.9 Å². The zero-order valence-electron chi connectivity index (χ0n) is 20.4. The normalized spacial score (nSPS) is 20.0. The van der Waals surface area contributed by atoms with E-state index in [0.717, 1.165) is 30.4 Å². The largest absolute Gasteiger partial charge is 0.573 e. The van der Waals surface area contributed by atoms with Gasteiger partial charge in [-0.05, 0) is 79.0 Å². The number of nitrogens with zero attached hydrogens (tertiary/aromatic N) is 2. The highest BCUT2D eigenvalue weighted by molar-refractivity contribution is 5.97. The van der Waals surface area contributed by atoms with Gasteiger partial charge in [-0.2, -0.15) is 0 Å². The van der Waals surface area contributed by atoms with E-state index >= 15 is 0 Å². The Morgan fingerprint density at radius 2 is 1.89 bits per heavy atom. The van der Waals surface area contributed by atoms with E-state index in [-0.39, 0.29) is 17.1 Å². The molecule has 0 spiro atoms. The molecule has 188 valence electrons. The Bertz CT molecular complexity index is 1200. The van der Waals surface area contributed by atoms with Gasteiger partial charge in [-0.1, -0.05) is 20.8 Å². The van der Waals surface area contributed by atoms with E-state index in [9.17, 15) is 18.0 Å². The molecule has 1 heterocycles. The SMILES string of the molecule is CNC(=O)c1ccc2nc(Nc3ccc(OC(F)(F)F)cc3)n(CC3CC(C)CC(C)(C)C3)c2c1. The van der Waals surface area contributed by atoms with Crippen LogP contribution in [0.15, 0.2) is 42.5 Å². The fourth-order valence-electron chi connectivity index (χ4n) is 5.50. The van der Waals surface area contributed by atoms with Crippen LogP contribution in [0.1, 0.15) is 50.4 Å². The third kappa shape index (κ3) is 6.07. The second-order valence-corrected chi connectivity index (χ2v) is 10.3. The molecule has 35 heavy (non-hydrogen) atoms. The molecule has 1 aromatic heterocycles. The smallest absolute Gasteiger partial charge is 0.406 e. The monoisotopic (exact) mass is 488 g/mol. The standard InChI is InChI=1S/C26H31F3N4O2/c1-16-11-17(14-25(2,3)13-16)15-33-22-12-18(23(34)30-4)5-10-21(22)32-24(33)31-19-6-8-20(9-7-19)35-26(27,28)29/h5-10,12,16-17H,11,13-15H2,1-4H3,(H,30,34)(H,31,32). The van der Waals surface area contributed by atoms with Crippen molar-refractivity contribution in [2.24, 2.45) is 17.3 Å². The fourth-order valence-corrected chi connectivity index (χ4v) is 5.50. The summed E-state index contributed by atoms with van der Waals surface area (Å²) in [6, 6.07) is 10.9. The van der Waals surface area contributed by atoms with E-state index in [1.54, 1.807) is 13.1 Å². The van der Waals surface area contributed by atoms with Crippen LogP contribution >= 0.6 is 0 Å². The lowest BCUT2D eigenvalue weighted by Crippen LogP contribution is -2.30. The van der Waals surface area contributed by atoms with Gasteiger partial charge in [0, 0.05) is 24.8 Å². The number of hydrogen-bond acceptors (Lipinski definition) is 4. The van der Waals surface area contributed by atoms with Gasteiger partial charge in [0.05, 0.1) is 11.0 Å². The van der Waals surface area contributed by atoms with Crippen molar-refractivity contribution in [2.45, 2.75) is 52.9 Å². The van der Waals surface area contributed by atoms with Gasteiger partial charge in [-0.25, -0.2) is 4.98 Å². The molecule has 2 unspecified atom stereocenters. The van der Waals surface area contributed by atoms with Gasteiger partial charge in [-0.15, -0.1) is 13.2 Å². The number of aromatic nitrogens is 2. The predicted molar refractivity (Wildman–Crippen MR) is 130 cm³/mol. The number of anilines is 2. The van der Waals surface area contributed by atoms with Crippen molar-refractivity contribution in [3.05, 3.63) is 48.0 Å². The lowest BCUT2D eigenvalue weighted by molar-refractivity contribution is -0.274. The number of nitrogens with one attached hydrogen (secondary N) is 2. The molecule has 0 saturated heterocycles. The molecule has 1 amide bonds. The molecular weight excluding hydrogens is 457 g/mol. The van der Waals surface area contributed by atoms with Gasteiger partial charge in [0.15, 0.2) is 0 Å². The number of carbonyl (C=O) groups excluding carboxylic acids is 1. The van der Waals surface area contributed by atoms with E-state index in [1.807, 2.05) is 12.1 Å². The van der Waals surface area contributed by atoms with Crippen LogP contribution in [0.4, 0.5) is 24.8 Å². The maximum atomic E-state index is 12.5. The summed E-state index contributed by atoms with van der Waals surface area (Å²) in [7, 11) is 1.59. The first-order valence-electron chi connectivity index (χ1n) is 11.8. The first kappa shape index (κ1) is 24.9. The quantitative estimate of drug-likeness (QED) is 0.416. The van der Waals surface area contributed by atoms with Crippen LogP contribution in [0, 0.1) is 17.3 Å². The van der Waals surface area contributed by atoms with Crippen molar-refractivity contribution >= 4 is 28.6 Å². The Kier molecular flexibility index (Phi) is 6.71.